The highest BCUT2D eigenvalue weighted by Gasteiger charge is 2.29. The Hall–Kier alpha value is -2.64. The smallest absolute Gasteiger partial charge is 0.236 e. The molecule has 1 atom stereocenters. The van der Waals surface area contributed by atoms with E-state index in [1.54, 1.807) is 16.2 Å². The SMILES string of the molecule is CN(Cc1nc2ccccc2s1)C(=O)CN1CCC[C@@H]1c1ccc2c(c1)OCCCO2. The molecule has 6 nitrogen and oxygen atoms in total. The third-order valence-corrected chi connectivity index (χ3v) is 7.02. The molecular formula is C24H27N3O3S. The van der Waals surface area contributed by atoms with E-state index in [9.17, 15) is 4.79 Å². The molecule has 5 rings (SSSR count). The van der Waals surface area contributed by atoms with Crippen LogP contribution in [0.15, 0.2) is 42.5 Å². The van der Waals surface area contributed by atoms with Gasteiger partial charge in [0.1, 0.15) is 5.01 Å². The highest BCUT2D eigenvalue weighted by molar-refractivity contribution is 7.18. The lowest BCUT2D eigenvalue weighted by Crippen LogP contribution is -2.37. The standard InChI is InChI=1S/C24H27N3O3S/c1-26(15-23-25-18-6-2-3-8-22(18)31-23)24(28)16-27-11-4-7-19(27)17-9-10-20-21(14-17)30-13-5-12-29-20/h2-3,6,8-10,14,19H,4-5,7,11-13,15-16H2,1H3/t19-/m1/s1. The van der Waals surface area contributed by atoms with Crippen LogP contribution in [0.3, 0.4) is 0 Å². The van der Waals surface area contributed by atoms with Crippen LogP contribution in [0.5, 0.6) is 11.5 Å². The first-order valence-corrected chi connectivity index (χ1v) is 11.7. The summed E-state index contributed by atoms with van der Waals surface area (Å²) in [5.74, 6) is 1.76. The minimum Gasteiger partial charge on any atom is -0.490 e. The molecular weight excluding hydrogens is 410 g/mol. The number of para-hydroxylation sites is 1. The summed E-state index contributed by atoms with van der Waals surface area (Å²) in [6, 6.07) is 14.6. The van der Waals surface area contributed by atoms with Crippen LogP contribution in [-0.4, -0.2) is 54.0 Å². The van der Waals surface area contributed by atoms with E-state index in [1.807, 2.05) is 31.3 Å². The highest BCUT2D eigenvalue weighted by atomic mass is 32.1. The molecule has 0 saturated carbocycles. The van der Waals surface area contributed by atoms with Crippen molar-refractivity contribution in [1.29, 1.82) is 0 Å². The third-order valence-electron chi connectivity index (χ3n) is 5.99. The summed E-state index contributed by atoms with van der Waals surface area (Å²) in [7, 11) is 1.87. The molecule has 2 aliphatic rings. The summed E-state index contributed by atoms with van der Waals surface area (Å²) in [6.45, 7) is 3.26. The number of benzene rings is 2. The van der Waals surface area contributed by atoms with Crippen LogP contribution < -0.4 is 9.47 Å². The predicted molar refractivity (Wildman–Crippen MR) is 122 cm³/mol. The Bertz CT molecular complexity index is 1050. The number of carbonyl (C=O) groups excluding carboxylic acids is 1. The number of thiazole rings is 1. The maximum atomic E-state index is 13.0. The van der Waals surface area contributed by atoms with Gasteiger partial charge in [0, 0.05) is 19.5 Å². The first-order valence-electron chi connectivity index (χ1n) is 10.9. The van der Waals surface area contributed by atoms with E-state index in [4.69, 9.17) is 9.47 Å². The van der Waals surface area contributed by atoms with Crippen molar-refractivity contribution in [1.82, 2.24) is 14.8 Å². The maximum Gasteiger partial charge on any atom is 0.236 e. The van der Waals surface area contributed by atoms with E-state index in [2.05, 4.69) is 28.1 Å². The van der Waals surface area contributed by atoms with Gasteiger partial charge in [-0.15, -0.1) is 11.3 Å². The number of amides is 1. The van der Waals surface area contributed by atoms with Gasteiger partial charge in [0.05, 0.1) is 36.5 Å². The van der Waals surface area contributed by atoms with Gasteiger partial charge in [0.25, 0.3) is 0 Å². The summed E-state index contributed by atoms with van der Waals surface area (Å²) in [5, 5.41) is 0.970. The molecule has 0 aliphatic carbocycles. The second-order valence-corrected chi connectivity index (χ2v) is 9.33. The van der Waals surface area contributed by atoms with Crippen molar-refractivity contribution >= 4 is 27.5 Å². The Balaban J connectivity index is 1.25. The number of ether oxygens (including phenoxy) is 2. The fraction of sp³-hybridized carbons (Fsp3) is 0.417. The molecule has 0 spiro atoms. The quantitative estimate of drug-likeness (QED) is 0.597. The van der Waals surface area contributed by atoms with Gasteiger partial charge < -0.3 is 14.4 Å². The van der Waals surface area contributed by atoms with E-state index in [0.717, 1.165) is 52.5 Å². The first-order chi connectivity index (χ1) is 15.2. The lowest BCUT2D eigenvalue weighted by molar-refractivity contribution is -0.131. The predicted octanol–water partition coefficient (Wildman–Crippen LogP) is 4.25. The van der Waals surface area contributed by atoms with E-state index in [-0.39, 0.29) is 11.9 Å². The van der Waals surface area contributed by atoms with Gasteiger partial charge in [-0.2, -0.15) is 0 Å². The van der Waals surface area contributed by atoms with E-state index < -0.39 is 0 Å². The summed E-state index contributed by atoms with van der Waals surface area (Å²) in [4.78, 5) is 21.7. The normalized spacial score (nSPS) is 18.8. The summed E-state index contributed by atoms with van der Waals surface area (Å²) in [6.07, 6.45) is 3.04. The lowest BCUT2D eigenvalue weighted by atomic mass is 10.0. The van der Waals surface area contributed by atoms with Gasteiger partial charge in [-0.05, 0) is 49.2 Å². The van der Waals surface area contributed by atoms with Crippen LogP contribution >= 0.6 is 11.3 Å². The molecule has 2 aromatic carbocycles. The molecule has 0 radical (unpaired) electrons. The van der Waals surface area contributed by atoms with Crippen LogP contribution in [0.1, 0.15) is 35.9 Å². The largest absolute Gasteiger partial charge is 0.490 e. The highest BCUT2D eigenvalue weighted by Crippen LogP contribution is 2.37. The molecule has 3 heterocycles. The molecule has 0 bridgehead atoms. The Morgan fingerprint density at radius 1 is 1.16 bits per heavy atom. The first kappa shape index (κ1) is 20.3. The zero-order chi connectivity index (χ0) is 21.2. The molecule has 7 heteroatoms. The van der Waals surface area contributed by atoms with Gasteiger partial charge >= 0.3 is 0 Å². The van der Waals surface area contributed by atoms with Crippen molar-refractivity contribution < 1.29 is 14.3 Å². The van der Waals surface area contributed by atoms with Crippen molar-refractivity contribution in [2.24, 2.45) is 0 Å². The van der Waals surface area contributed by atoms with Crippen LogP contribution in [0.2, 0.25) is 0 Å². The molecule has 3 aromatic rings. The number of aromatic nitrogens is 1. The zero-order valence-electron chi connectivity index (χ0n) is 17.8. The van der Waals surface area contributed by atoms with E-state index in [1.165, 1.54) is 5.56 Å². The van der Waals surface area contributed by atoms with Gasteiger partial charge in [0.15, 0.2) is 11.5 Å². The number of carbonyl (C=O) groups is 1. The second-order valence-electron chi connectivity index (χ2n) is 8.21. The van der Waals surface area contributed by atoms with Gasteiger partial charge in [-0.3, -0.25) is 9.69 Å². The van der Waals surface area contributed by atoms with Crippen molar-refractivity contribution in [2.45, 2.75) is 31.8 Å². The molecule has 31 heavy (non-hydrogen) atoms. The van der Waals surface area contributed by atoms with Gasteiger partial charge in [0.2, 0.25) is 5.91 Å². The summed E-state index contributed by atoms with van der Waals surface area (Å²) in [5.41, 5.74) is 2.20. The van der Waals surface area contributed by atoms with E-state index >= 15 is 0 Å². The Kier molecular flexibility index (Phi) is 5.78. The lowest BCUT2D eigenvalue weighted by Gasteiger charge is -2.27. The van der Waals surface area contributed by atoms with E-state index in [0.29, 0.717) is 26.3 Å². The third kappa shape index (κ3) is 4.38. The van der Waals surface area contributed by atoms with Crippen molar-refractivity contribution in [2.75, 3.05) is 33.4 Å². The van der Waals surface area contributed by atoms with Crippen LogP contribution in [-0.2, 0) is 11.3 Å². The van der Waals surface area contributed by atoms with Crippen LogP contribution in [0.4, 0.5) is 0 Å². The number of hydrogen-bond acceptors (Lipinski definition) is 6. The fourth-order valence-electron chi connectivity index (χ4n) is 4.35. The fourth-order valence-corrected chi connectivity index (χ4v) is 5.37. The Morgan fingerprint density at radius 2 is 2.00 bits per heavy atom. The number of hydrogen-bond donors (Lipinski definition) is 0. The number of fused-ring (bicyclic) bond motifs is 2. The van der Waals surface area contributed by atoms with Crippen LogP contribution in [0, 0.1) is 0 Å². The molecule has 2 aliphatic heterocycles. The molecule has 162 valence electrons. The second kappa shape index (κ2) is 8.85. The minimum atomic E-state index is 0.125. The molecule has 0 N–H and O–H groups in total. The zero-order valence-corrected chi connectivity index (χ0v) is 18.6. The Labute approximate surface area is 186 Å². The molecule has 0 unspecified atom stereocenters. The van der Waals surface area contributed by atoms with Gasteiger partial charge in [-0.1, -0.05) is 18.2 Å². The minimum absolute atomic E-state index is 0.125. The molecule has 1 aromatic heterocycles. The molecule has 1 saturated heterocycles. The van der Waals surface area contributed by atoms with Crippen molar-refractivity contribution in [3.8, 4) is 11.5 Å². The number of likely N-dealkylation sites (tertiary alicyclic amines) is 1. The van der Waals surface area contributed by atoms with Crippen molar-refractivity contribution in [3.63, 3.8) is 0 Å². The topological polar surface area (TPSA) is 54.9 Å². The monoisotopic (exact) mass is 437 g/mol. The summed E-state index contributed by atoms with van der Waals surface area (Å²) >= 11 is 1.65. The molecule has 1 amide bonds. The number of likely N-dealkylation sites (N-methyl/N-ethyl adjacent to an activating group) is 1. The van der Waals surface area contributed by atoms with Crippen molar-refractivity contribution in [3.05, 3.63) is 53.0 Å². The number of nitrogens with zero attached hydrogens (tertiary/aromatic N) is 3. The Morgan fingerprint density at radius 3 is 2.87 bits per heavy atom. The maximum absolute atomic E-state index is 13.0. The average Bonchev–Trinajstić information content (AvgIpc) is 3.33. The van der Waals surface area contributed by atoms with Crippen LogP contribution in [0.25, 0.3) is 10.2 Å². The average molecular weight is 438 g/mol. The summed E-state index contributed by atoms with van der Waals surface area (Å²) < 4.78 is 12.8. The number of rotatable bonds is 5. The molecule has 1 fully saturated rings. The van der Waals surface area contributed by atoms with Gasteiger partial charge in [-0.25, -0.2) is 4.98 Å².